The second kappa shape index (κ2) is 4.41. The fourth-order valence-electron chi connectivity index (χ4n) is 1.86. The molecular weight excluding hydrogens is 220 g/mol. The molecule has 2 rings (SSSR count). The smallest absolute Gasteiger partial charge is 0.309 e. The van der Waals surface area contributed by atoms with Gasteiger partial charge >= 0.3 is 5.97 Å². The first-order valence-electron chi connectivity index (χ1n) is 5.63. The first kappa shape index (κ1) is 12.0. The Morgan fingerprint density at radius 3 is 3.00 bits per heavy atom. The number of hydrogen-bond acceptors (Lipinski definition) is 4. The van der Waals surface area contributed by atoms with E-state index in [4.69, 9.17) is 9.84 Å². The molecule has 5 heteroatoms. The van der Waals surface area contributed by atoms with Crippen molar-refractivity contribution >= 4 is 5.97 Å². The topological polar surface area (TPSA) is 72.3 Å². The monoisotopic (exact) mass is 236 g/mol. The number of rotatable bonds is 3. The van der Waals surface area contributed by atoms with Crippen LogP contribution in [0.25, 0.3) is 0 Å². The van der Waals surface area contributed by atoms with E-state index in [-0.39, 0.29) is 0 Å². The van der Waals surface area contributed by atoms with Crippen molar-refractivity contribution in [1.29, 1.82) is 0 Å². The predicted octanol–water partition coefficient (Wildman–Crippen LogP) is 1.20. The third kappa shape index (κ3) is 2.44. The van der Waals surface area contributed by atoms with Crippen LogP contribution in [0.1, 0.15) is 30.8 Å². The van der Waals surface area contributed by atoms with Crippen LogP contribution >= 0.6 is 0 Å². The summed E-state index contributed by atoms with van der Waals surface area (Å²) in [5.41, 5.74) is 1.93. The maximum absolute atomic E-state index is 11.1. The minimum absolute atomic E-state index is 0.399. The lowest BCUT2D eigenvalue weighted by molar-refractivity contribution is -0.146. The highest BCUT2D eigenvalue weighted by Gasteiger charge is 2.30. The number of ether oxygens (including phenoxy) is 1. The molecule has 0 fully saturated rings. The number of aliphatic carboxylic acids is 1. The van der Waals surface area contributed by atoms with Crippen LogP contribution in [0.4, 0.5) is 0 Å². The molecule has 2 heterocycles. The molecule has 1 N–H and O–H groups in total. The number of carboxylic acids is 1. The third-order valence-corrected chi connectivity index (χ3v) is 3.04. The van der Waals surface area contributed by atoms with E-state index in [9.17, 15) is 4.79 Å². The molecule has 92 valence electrons. The molecule has 0 bridgehead atoms. The van der Waals surface area contributed by atoms with E-state index in [1.165, 1.54) is 6.33 Å². The third-order valence-electron chi connectivity index (χ3n) is 3.04. The van der Waals surface area contributed by atoms with Gasteiger partial charge in [-0.3, -0.25) is 4.79 Å². The van der Waals surface area contributed by atoms with Gasteiger partial charge in [-0.2, -0.15) is 0 Å². The van der Waals surface area contributed by atoms with Crippen LogP contribution < -0.4 is 0 Å². The second-order valence-electron chi connectivity index (χ2n) is 4.91. The van der Waals surface area contributed by atoms with Crippen molar-refractivity contribution in [1.82, 2.24) is 9.97 Å². The Balaban J connectivity index is 2.30. The van der Waals surface area contributed by atoms with Crippen LogP contribution in [0, 0.1) is 5.41 Å². The highest BCUT2D eigenvalue weighted by Crippen LogP contribution is 2.25. The summed E-state index contributed by atoms with van der Waals surface area (Å²) >= 11 is 0. The van der Waals surface area contributed by atoms with Crippen molar-refractivity contribution in [2.24, 2.45) is 5.41 Å². The number of fused-ring (bicyclic) bond motifs is 1. The van der Waals surface area contributed by atoms with Gasteiger partial charge in [0.25, 0.3) is 0 Å². The lowest BCUT2D eigenvalue weighted by atomic mass is 9.86. The Kier molecular flexibility index (Phi) is 3.11. The molecular formula is C12H16N2O3. The van der Waals surface area contributed by atoms with E-state index in [0.29, 0.717) is 19.6 Å². The molecule has 0 saturated heterocycles. The molecule has 0 saturated carbocycles. The van der Waals surface area contributed by atoms with Gasteiger partial charge in [-0.1, -0.05) is 0 Å². The van der Waals surface area contributed by atoms with E-state index in [0.717, 1.165) is 23.4 Å². The Morgan fingerprint density at radius 2 is 2.29 bits per heavy atom. The molecule has 0 aromatic carbocycles. The molecule has 1 aromatic rings. The molecule has 0 spiro atoms. The molecule has 17 heavy (non-hydrogen) atoms. The van der Waals surface area contributed by atoms with Crippen LogP contribution in [0.5, 0.6) is 0 Å². The maximum Gasteiger partial charge on any atom is 0.309 e. The first-order valence-corrected chi connectivity index (χ1v) is 5.63. The summed E-state index contributed by atoms with van der Waals surface area (Å²) in [5, 5.41) is 9.13. The van der Waals surface area contributed by atoms with Gasteiger partial charge in [-0.25, -0.2) is 9.97 Å². The minimum Gasteiger partial charge on any atom is -0.481 e. The van der Waals surface area contributed by atoms with Crippen molar-refractivity contribution in [3.8, 4) is 0 Å². The summed E-state index contributed by atoms with van der Waals surface area (Å²) in [6.07, 6.45) is 2.69. The molecule has 1 aromatic heterocycles. The molecule has 0 radical (unpaired) electrons. The van der Waals surface area contributed by atoms with Crippen molar-refractivity contribution in [2.75, 3.05) is 6.61 Å². The van der Waals surface area contributed by atoms with Gasteiger partial charge in [0, 0.05) is 18.4 Å². The van der Waals surface area contributed by atoms with Gasteiger partial charge in [-0.15, -0.1) is 0 Å². The van der Waals surface area contributed by atoms with Gasteiger partial charge in [-0.05, 0) is 13.8 Å². The Hall–Kier alpha value is -1.49. The molecule has 0 atom stereocenters. The average molecular weight is 236 g/mol. The van der Waals surface area contributed by atoms with Gasteiger partial charge in [0.2, 0.25) is 0 Å². The Morgan fingerprint density at radius 1 is 1.53 bits per heavy atom. The summed E-state index contributed by atoms with van der Waals surface area (Å²) in [4.78, 5) is 19.5. The standard InChI is InChI=1S/C12H16N2O3/c1-12(2,11(15)16)5-10-8-6-17-4-3-9(8)13-7-14-10/h7H,3-6H2,1-2H3,(H,15,16). The quantitative estimate of drug-likeness (QED) is 0.853. The summed E-state index contributed by atoms with van der Waals surface area (Å²) < 4.78 is 5.38. The van der Waals surface area contributed by atoms with Gasteiger partial charge in [0.1, 0.15) is 6.33 Å². The lowest BCUT2D eigenvalue weighted by Crippen LogP contribution is -2.28. The maximum atomic E-state index is 11.1. The SMILES string of the molecule is CC(C)(Cc1ncnc2c1COCC2)C(=O)O. The summed E-state index contributed by atoms with van der Waals surface area (Å²) in [6, 6.07) is 0. The van der Waals surface area contributed by atoms with Crippen molar-refractivity contribution in [3.05, 3.63) is 23.3 Å². The van der Waals surface area contributed by atoms with Crippen LogP contribution in [0.3, 0.4) is 0 Å². The molecule has 5 nitrogen and oxygen atoms in total. The van der Waals surface area contributed by atoms with Gasteiger partial charge < -0.3 is 9.84 Å². The molecule has 1 aliphatic heterocycles. The van der Waals surface area contributed by atoms with Crippen LogP contribution in [0.15, 0.2) is 6.33 Å². The van der Waals surface area contributed by atoms with Crippen LogP contribution in [-0.2, 0) is 29.0 Å². The molecule has 0 unspecified atom stereocenters. The number of carboxylic acid groups (broad SMARTS) is 1. The minimum atomic E-state index is -0.820. The summed E-state index contributed by atoms with van der Waals surface area (Å²) in [6.45, 7) is 4.56. The summed E-state index contributed by atoms with van der Waals surface area (Å²) in [5.74, 6) is -0.818. The van der Waals surface area contributed by atoms with E-state index in [1.54, 1.807) is 13.8 Å². The lowest BCUT2D eigenvalue weighted by Gasteiger charge is -2.23. The zero-order valence-electron chi connectivity index (χ0n) is 10.1. The van der Waals surface area contributed by atoms with Gasteiger partial charge in [0.15, 0.2) is 0 Å². The normalized spacial score (nSPS) is 15.4. The Labute approximate surface area is 99.9 Å². The predicted molar refractivity (Wildman–Crippen MR) is 60.5 cm³/mol. The van der Waals surface area contributed by atoms with Crippen LogP contribution in [-0.4, -0.2) is 27.7 Å². The largest absolute Gasteiger partial charge is 0.481 e. The van der Waals surface area contributed by atoms with E-state index in [2.05, 4.69) is 9.97 Å². The van der Waals surface area contributed by atoms with E-state index >= 15 is 0 Å². The van der Waals surface area contributed by atoms with E-state index in [1.807, 2.05) is 0 Å². The first-order chi connectivity index (χ1) is 8.00. The highest BCUT2D eigenvalue weighted by atomic mass is 16.5. The molecule has 0 aliphatic carbocycles. The number of hydrogen-bond donors (Lipinski definition) is 1. The van der Waals surface area contributed by atoms with Gasteiger partial charge in [0.05, 0.1) is 30.0 Å². The second-order valence-corrected chi connectivity index (χ2v) is 4.91. The fraction of sp³-hybridized carbons (Fsp3) is 0.583. The molecule has 1 aliphatic rings. The van der Waals surface area contributed by atoms with E-state index < -0.39 is 11.4 Å². The zero-order valence-corrected chi connectivity index (χ0v) is 10.1. The van der Waals surface area contributed by atoms with Crippen molar-refractivity contribution < 1.29 is 14.6 Å². The Bertz CT molecular complexity index is 443. The average Bonchev–Trinajstić information content (AvgIpc) is 2.29. The fourth-order valence-corrected chi connectivity index (χ4v) is 1.86. The number of nitrogens with zero attached hydrogens (tertiary/aromatic N) is 2. The molecule has 0 amide bonds. The van der Waals surface area contributed by atoms with Crippen molar-refractivity contribution in [3.63, 3.8) is 0 Å². The number of carbonyl (C=O) groups is 1. The van der Waals surface area contributed by atoms with Crippen molar-refractivity contribution in [2.45, 2.75) is 33.3 Å². The summed E-state index contributed by atoms with van der Waals surface area (Å²) in [7, 11) is 0. The van der Waals surface area contributed by atoms with Crippen LogP contribution in [0.2, 0.25) is 0 Å². The highest BCUT2D eigenvalue weighted by molar-refractivity contribution is 5.74. The zero-order chi connectivity index (χ0) is 12.5. The number of aromatic nitrogens is 2.